The van der Waals surface area contributed by atoms with E-state index in [1.54, 1.807) is 0 Å². The molecular weight excluding hydrogens is 269 g/mol. The summed E-state index contributed by atoms with van der Waals surface area (Å²) in [5.74, 6) is 0. The summed E-state index contributed by atoms with van der Waals surface area (Å²) in [4.78, 5) is 0. The van der Waals surface area contributed by atoms with E-state index in [-0.39, 0.29) is 9.41 Å². The number of rotatable bonds is 0. The number of nitrogens with zero attached hydrogens (tertiary/aromatic N) is 2. The first-order valence-electron chi connectivity index (χ1n) is 4.87. The molecule has 1 rings (SSSR count). The van der Waals surface area contributed by atoms with Gasteiger partial charge in [0.2, 0.25) is 0 Å². The van der Waals surface area contributed by atoms with Gasteiger partial charge in [0.25, 0.3) is 0 Å². The van der Waals surface area contributed by atoms with Crippen molar-refractivity contribution in [3.63, 3.8) is 0 Å². The van der Waals surface area contributed by atoms with Crippen LogP contribution in [0.25, 0.3) is 0 Å². The minimum atomic E-state index is -4.45. The largest absolute Gasteiger partial charge is 0.431 e. The van der Waals surface area contributed by atoms with Crippen LogP contribution in [0.5, 0.6) is 0 Å². The highest BCUT2D eigenvalue weighted by molar-refractivity contribution is 7.72. The first-order valence-corrected chi connectivity index (χ1v) is 5.68. The number of aromatic nitrogens is 2. The van der Waals surface area contributed by atoms with Crippen molar-refractivity contribution in [2.75, 3.05) is 0 Å². The van der Waals surface area contributed by atoms with Crippen LogP contribution in [-0.2, 0) is 18.8 Å². The maximum absolute atomic E-state index is 12.7. The van der Waals surface area contributed by atoms with Crippen molar-refractivity contribution in [2.45, 2.75) is 32.5 Å². The molecule has 96 valence electrons. The van der Waals surface area contributed by atoms with Gasteiger partial charge in [-0.05, 0) is 33.0 Å². The topological polar surface area (TPSA) is 9.86 Å². The molecule has 0 saturated heterocycles. The highest BCUT2D eigenvalue weighted by Gasteiger charge is 2.34. The lowest BCUT2D eigenvalue weighted by Gasteiger charge is -2.26. The van der Waals surface area contributed by atoms with Crippen LogP contribution in [0.1, 0.15) is 26.5 Å². The standard InChI is InChI=1S/C10H13F3N2S2/c1-9(2,3)15-7(16)5-6(10(11,12)13)14(4)8(15)17/h5H,1-4H3. The summed E-state index contributed by atoms with van der Waals surface area (Å²) in [7, 11) is 1.29. The van der Waals surface area contributed by atoms with Crippen molar-refractivity contribution in [1.29, 1.82) is 0 Å². The Balaban J connectivity index is 3.73. The average molecular weight is 282 g/mol. The lowest BCUT2D eigenvalue weighted by Crippen LogP contribution is -2.28. The maximum Gasteiger partial charge on any atom is 0.431 e. The number of hydrogen-bond acceptors (Lipinski definition) is 2. The Morgan fingerprint density at radius 3 is 1.94 bits per heavy atom. The van der Waals surface area contributed by atoms with Crippen LogP contribution in [-0.4, -0.2) is 9.13 Å². The van der Waals surface area contributed by atoms with Gasteiger partial charge < -0.3 is 9.13 Å². The molecule has 0 aliphatic carbocycles. The van der Waals surface area contributed by atoms with Crippen LogP contribution in [0.3, 0.4) is 0 Å². The van der Waals surface area contributed by atoms with E-state index in [0.717, 1.165) is 10.6 Å². The van der Waals surface area contributed by atoms with Crippen molar-refractivity contribution in [2.24, 2.45) is 7.05 Å². The zero-order valence-electron chi connectivity index (χ0n) is 9.92. The molecule has 1 aromatic heterocycles. The van der Waals surface area contributed by atoms with Gasteiger partial charge in [0.1, 0.15) is 10.3 Å². The van der Waals surface area contributed by atoms with Gasteiger partial charge >= 0.3 is 6.18 Å². The normalized spacial score (nSPS) is 12.9. The van der Waals surface area contributed by atoms with Gasteiger partial charge in [0, 0.05) is 18.7 Å². The molecule has 17 heavy (non-hydrogen) atoms. The third kappa shape index (κ3) is 2.77. The van der Waals surface area contributed by atoms with E-state index in [4.69, 9.17) is 24.4 Å². The van der Waals surface area contributed by atoms with Crippen LogP contribution < -0.4 is 0 Å². The van der Waals surface area contributed by atoms with Crippen LogP contribution in [0.2, 0.25) is 0 Å². The second kappa shape index (κ2) is 4.20. The van der Waals surface area contributed by atoms with Gasteiger partial charge in [0.05, 0.1) is 0 Å². The second-order valence-electron chi connectivity index (χ2n) is 4.71. The molecule has 0 aromatic carbocycles. The van der Waals surface area contributed by atoms with Crippen molar-refractivity contribution < 1.29 is 13.2 Å². The molecule has 0 N–H and O–H groups in total. The van der Waals surface area contributed by atoms with Gasteiger partial charge in [-0.25, -0.2) is 0 Å². The second-order valence-corrected chi connectivity index (χ2v) is 5.50. The minimum absolute atomic E-state index is 0.0670. The summed E-state index contributed by atoms with van der Waals surface area (Å²) in [5.41, 5.74) is -1.27. The number of halogens is 3. The fourth-order valence-corrected chi connectivity index (χ4v) is 2.52. The van der Waals surface area contributed by atoms with E-state index in [9.17, 15) is 13.2 Å². The minimum Gasteiger partial charge on any atom is -0.317 e. The summed E-state index contributed by atoms with van der Waals surface area (Å²) in [6.07, 6.45) is -4.45. The molecule has 0 spiro atoms. The van der Waals surface area contributed by atoms with E-state index < -0.39 is 17.4 Å². The van der Waals surface area contributed by atoms with Crippen LogP contribution >= 0.6 is 24.4 Å². The Morgan fingerprint density at radius 1 is 1.12 bits per heavy atom. The van der Waals surface area contributed by atoms with E-state index in [1.807, 2.05) is 20.8 Å². The molecule has 0 fully saturated rings. The van der Waals surface area contributed by atoms with E-state index >= 15 is 0 Å². The van der Waals surface area contributed by atoms with Crippen molar-refractivity contribution in [3.8, 4) is 0 Å². The summed E-state index contributed by atoms with van der Waals surface area (Å²) < 4.78 is 40.8. The van der Waals surface area contributed by atoms with Crippen LogP contribution in [0.15, 0.2) is 6.07 Å². The van der Waals surface area contributed by atoms with Crippen LogP contribution in [0.4, 0.5) is 13.2 Å². The molecule has 0 aliphatic heterocycles. The zero-order valence-corrected chi connectivity index (χ0v) is 11.6. The quantitative estimate of drug-likeness (QED) is 0.664. The van der Waals surface area contributed by atoms with Gasteiger partial charge in [0.15, 0.2) is 4.77 Å². The first-order chi connectivity index (χ1) is 7.46. The Labute approximate surface area is 108 Å². The van der Waals surface area contributed by atoms with Gasteiger partial charge in [-0.3, -0.25) is 0 Å². The molecule has 0 amide bonds. The third-order valence-corrected chi connectivity index (χ3v) is 3.04. The summed E-state index contributed by atoms with van der Waals surface area (Å²) in [5, 5.41) is 0. The maximum atomic E-state index is 12.7. The van der Waals surface area contributed by atoms with Crippen molar-refractivity contribution >= 4 is 24.4 Å². The molecule has 0 atom stereocenters. The van der Waals surface area contributed by atoms with Crippen LogP contribution in [0, 0.1) is 9.41 Å². The van der Waals surface area contributed by atoms with Crippen molar-refractivity contribution in [1.82, 2.24) is 9.13 Å². The molecule has 7 heteroatoms. The predicted molar refractivity (Wildman–Crippen MR) is 65.1 cm³/mol. The summed E-state index contributed by atoms with van der Waals surface area (Å²) in [6, 6.07) is 0.941. The summed E-state index contributed by atoms with van der Waals surface area (Å²) >= 11 is 10.0. The SMILES string of the molecule is Cn1c(C(F)(F)F)cc(=S)n(C(C)(C)C)c1=S. The third-order valence-electron chi connectivity index (χ3n) is 2.28. The highest BCUT2D eigenvalue weighted by atomic mass is 32.1. The van der Waals surface area contributed by atoms with E-state index in [2.05, 4.69) is 0 Å². The van der Waals surface area contributed by atoms with E-state index in [0.29, 0.717) is 0 Å². The zero-order chi connectivity index (χ0) is 13.6. The fraction of sp³-hybridized carbons (Fsp3) is 0.600. The molecule has 0 unspecified atom stereocenters. The van der Waals surface area contributed by atoms with Gasteiger partial charge in [-0.2, -0.15) is 13.2 Å². The molecule has 2 nitrogen and oxygen atoms in total. The smallest absolute Gasteiger partial charge is 0.317 e. The molecule has 1 heterocycles. The summed E-state index contributed by atoms with van der Waals surface area (Å²) in [6.45, 7) is 5.52. The number of hydrogen-bond donors (Lipinski definition) is 0. The highest BCUT2D eigenvalue weighted by Crippen LogP contribution is 2.30. The Hall–Kier alpha value is -0.690. The van der Waals surface area contributed by atoms with Gasteiger partial charge in [-0.15, -0.1) is 0 Å². The van der Waals surface area contributed by atoms with Crippen molar-refractivity contribution in [3.05, 3.63) is 21.2 Å². The fourth-order valence-electron chi connectivity index (χ4n) is 1.52. The molecule has 0 saturated carbocycles. The average Bonchev–Trinajstić information content (AvgIpc) is 2.07. The Bertz CT molecular complexity index is 547. The Morgan fingerprint density at radius 2 is 1.59 bits per heavy atom. The van der Waals surface area contributed by atoms with Gasteiger partial charge in [-0.1, -0.05) is 12.2 Å². The molecule has 1 aromatic rings. The Kier molecular flexibility index (Phi) is 3.55. The lowest BCUT2D eigenvalue weighted by atomic mass is 10.1. The molecule has 0 bridgehead atoms. The monoisotopic (exact) mass is 282 g/mol. The molecular formula is C10H13F3N2S2. The lowest BCUT2D eigenvalue weighted by molar-refractivity contribution is -0.144. The number of alkyl halides is 3. The first kappa shape index (κ1) is 14.4. The predicted octanol–water partition coefficient (Wildman–Crippen LogP) is 4.06. The molecule has 0 radical (unpaired) electrons. The van der Waals surface area contributed by atoms with E-state index in [1.165, 1.54) is 11.6 Å². The molecule has 0 aliphatic rings.